The molecule has 0 saturated carbocycles. The van der Waals surface area contributed by atoms with Crippen molar-refractivity contribution in [1.82, 2.24) is 5.32 Å². The third-order valence-corrected chi connectivity index (χ3v) is 5.61. The molecule has 20 heavy (non-hydrogen) atoms. The second-order valence-corrected chi connectivity index (χ2v) is 6.79. The van der Waals surface area contributed by atoms with Crippen LogP contribution in [0, 0.1) is 9.39 Å². The highest BCUT2D eigenvalue weighted by atomic mass is 127. The summed E-state index contributed by atoms with van der Waals surface area (Å²) >= 11 is 11.7. The van der Waals surface area contributed by atoms with E-state index in [0.717, 1.165) is 19.7 Å². The van der Waals surface area contributed by atoms with E-state index in [4.69, 9.17) is 11.6 Å². The lowest BCUT2D eigenvalue weighted by Gasteiger charge is -2.18. The van der Waals surface area contributed by atoms with Crippen molar-refractivity contribution in [2.45, 2.75) is 12.5 Å². The maximum Gasteiger partial charge on any atom is 0.137 e. The molecule has 0 spiro atoms. The van der Waals surface area contributed by atoms with E-state index < -0.39 is 0 Å². The minimum absolute atomic E-state index is 0.0857. The van der Waals surface area contributed by atoms with Gasteiger partial charge in [0.25, 0.3) is 0 Å². The molecule has 1 unspecified atom stereocenters. The van der Waals surface area contributed by atoms with Crippen molar-refractivity contribution in [3.05, 3.63) is 66.4 Å². The lowest BCUT2D eigenvalue weighted by Crippen LogP contribution is -2.19. The van der Waals surface area contributed by atoms with Gasteiger partial charge >= 0.3 is 0 Å². The van der Waals surface area contributed by atoms with Crippen LogP contribution in [0.3, 0.4) is 0 Å². The first-order valence-electron chi connectivity index (χ1n) is 6.08. The molecule has 1 nitrogen and oxygen atoms in total. The van der Waals surface area contributed by atoms with E-state index in [0.29, 0.717) is 10.9 Å². The second kappa shape index (κ2) is 7.20. The Balaban J connectivity index is 2.28. The summed E-state index contributed by atoms with van der Waals surface area (Å²) in [5.74, 6) is -0.238. The molecule has 0 saturated heterocycles. The molecule has 0 amide bonds. The highest BCUT2D eigenvalue weighted by molar-refractivity contribution is 14.1. The molecule has 0 heterocycles. The van der Waals surface area contributed by atoms with Crippen LogP contribution >= 0.6 is 50.1 Å². The van der Waals surface area contributed by atoms with Crippen LogP contribution in [0.4, 0.5) is 4.39 Å². The van der Waals surface area contributed by atoms with Gasteiger partial charge in [-0.25, -0.2) is 4.39 Å². The van der Waals surface area contributed by atoms with Crippen molar-refractivity contribution in [3.63, 3.8) is 0 Å². The predicted octanol–water partition coefficient (Wildman–Crippen LogP) is 5.35. The van der Waals surface area contributed by atoms with E-state index >= 15 is 0 Å². The average molecular weight is 469 g/mol. The number of benzene rings is 2. The highest BCUT2D eigenvalue weighted by Gasteiger charge is 2.14. The van der Waals surface area contributed by atoms with Crippen molar-refractivity contribution in [2.75, 3.05) is 7.05 Å². The molecule has 2 aromatic carbocycles. The van der Waals surface area contributed by atoms with E-state index in [2.05, 4.69) is 43.8 Å². The minimum atomic E-state index is -0.238. The molecule has 0 fully saturated rings. The van der Waals surface area contributed by atoms with Crippen LogP contribution in [-0.4, -0.2) is 7.05 Å². The van der Waals surface area contributed by atoms with Crippen LogP contribution in [0.15, 0.2) is 40.9 Å². The Labute approximate surface area is 145 Å². The van der Waals surface area contributed by atoms with Crippen LogP contribution in [0.25, 0.3) is 0 Å². The fraction of sp³-hybridized carbons (Fsp3) is 0.200. The molecule has 0 radical (unpaired) electrons. The molecule has 0 bridgehead atoms. The van der Waals surface area contributed by atoms with Gasteiger partial charge in [0.1, 0.15) is 5.82 Å². The Bertz CT molecular complexity index is 621. The van der Waals surface area contributed by atoms with Crippen LogP contribution < -0.4 is 5.32 Å². The van der Waals surface area contributed by atoms with E-state index in [-0.39, 0.29) is 11.9 Å². The number of likely N-dealkylation sites (N-methyl/N-ethyl adjacent to an activating group) is 1. The summed E-state index contributed by atoms with van der Waals surface area (Å²) in [6, 6.07) is 11.2. The van der Waals surface area contributed by atoms with Gasteiger partial charge in [0.15, 0.2) is 0 Å². The van der Waals surface area contributed by atoms with Gasteiger partial charge in [0, 0.05) is 9.61 Å². The monoisotopic (exact) mass is 467 g/mol. The molecule has 0 aromatic heterocycles. The van der Waals surface area contributed by atoms with E-state index in [9.17, 15) is 4.39 Å². The van der Waals surface area contributed by atoms with Crippen LogP contribution in [0.2, 0.25) is 5.02 Å². The van der Waals surface area contributed by atoms with Gasteiger partial charge in [-0.1, -0.05) is 29.8 Å². The normalized spacial score (nSPS) is 12.4. The zero-order chi connectivity index (χ0) is 14.7. The molecule has 0 aliphatic carbocycles. The Morgan fingerprint density at radius 3 is 2.75 bits per heavy atom. The maximum atomic E-state index is 13.6. The van der Waals surface area contributed by atoms with Crippen molar-refractivity contribution < 1.29 is 4.39 Å². The van der Waals surface area contributed by atoms with Crippen LogP contribution in [0.1, 0.15) is 17.2 Å². The molecular weight excluding hydrogens is 455 g/mol. The number of nitrogens with one attached hydrogen (secondary N) is 1. The average Bonchev–Trinajstić information content (AvgIpc) is 2.44. The molecule has 2 aromatic rings. The van der Waals surface area contributed by atoms with Crippen molar-refractivity contribution in [3.8, 4) is 0 Å². The van der Waals surface area contributed by atoms with Gasteiger partial charge in [-0.05, 0) is 81.3 Å². The molecule has 1 atom stereocenters. The molecule has 0 aliphatic rings. The first-order chi connectivity index (χ1) is 9.52. The van der Waals surface area contributed by atoms with Crippen molar-refractivity contribution >= 4 is 50.1 Å². The number of hydrogen-bond donors (Lipinski definition) is 1. The molecule has 5 heteroatoms. The second-order valence-electron chi connectivity index (χ2n) is 4.43. The minimum Gasteiger partial charge on any atom is -0.313 e. The summed E-state index contributed by atoms with van der Waals surface area (Å²) in [4.78, 5) is 0. The summed E-state index contributed by atoms with van der Waals surface area (Å²) in [5, 5.41) is 3.99. The van der Waals surface area contributed by atoms with Crippen molar-refractivity contribution in [2.24, 2.45) is 0 Å². The van der Waals surface area contributed by atoms with Crippen LogP contribution in [-0.2, 0) is 6.42 Å². The summed E-state index contributed by atoms with van der Waals surface area (Å²) in [6.07, 6.45) is 0.686. The predicted molar refractivity (Wildman–Crippen MR) is 93.8 cm³/mol. The third-order valence-electron chi connectivity index (χ3n) is 3.15. The largest absolute Gasteiger partial charge is 0.313 e. The van der Waals surface area contributed by atoms with Gasteiger partial charge in [-0.3, -0.25) is 0 Å². The number of rotatable bonds is 4. The third kappa shape index (κ3) is 3.72. The standard InChI is InChI=1S/C15H13BrClFIN/c1-20-14(9-5-6-13(19)11(17)7-9)8-10-3-2-4-12(18)15(10)16/h2-7,14,20H,8H2,1H3. The van der Waals surface area contributed by atoms with E-state index in [1.165, 1.54) is 6.07 Å². The van der Waals surface area contributed by atoms with E-state index in [1.54, 1.807) is 6.07 Å². The topological polar surface area (TPSA) is 12.0 Å². The summed E-state index contributed by atoms with van der Waals surface area (Å²) in [5.41, 5.74) is 2.02. The molecule has 0 aliphatic heterocycles. The summed E-state index contributed by atoms with van der Waals surface area (Å²) in [6.45, 7) is 0. The highest BCUT2D eigenvalue weighted by Crippen LogP contribution is 2.28. The van der Waals surface area contributed by atoms with Gasteiger partial charge in [-0.2, -0.15) is 0 Å². The molecule has 106 valence electrons. The Morgan fingerprint density at radius 1 is 1.35 bits per heavy atom. The smallest absolute Gasteiger partial charge is 0.137 e. The fourth-order valence-corrected chi connectivity index (χ4v) is 2.99. The first kappa shape index (κ1) is 16.2. The van der Waals surface area contributed by atoms with Crippen LogP contribution in [0.5, 0.6) is 0 Å². The Kier molecular flexibility index (Phi) is 5.84. The zero-order valence-electron chi connectivity index (χ0n) is 10.8. The summed E-state index contributed by atoms with van der Waals surface area (Å²) < 4.78 is 15.1. The zero-order valence-corrected chi connectivity index (χ0v) is 15.3. The fourth-order valence-electron chi connectivity index (χ4n) is 2.04. The number of hydrogen-bond acceptors (Lipinski definition) is 1. The Hall–Kier alpha value is -0.170. The SMILES string of the molecule is CNC(Cc1cccc(F)c1Br)c1ccc(I)c(Cl)c1. The summed E-state index contributed by atoms with van der Waals surface area (Å²) in [7, 11) is 1.89. The van der Waals surface area contributed by atoms with Crippen molar-refractivity contribution in [1.29, 1.82) is 0 Å². The quantitative estimate of drug-likeness (QED) is 0.597. The lowest BCUT2D eigenvalue weighted by atomic mass is 9.99. The van der Waals surface area contributed by atoms with Gasteiger partial charge < -0.3 is 5.32 Å². The number of halogens is 4. The Morgan fingerprint density at radius 2 is 2.10 bits per heavy atom. The van der Waals surface area contributed by atoms with E-state index in [1.807, 2.05) is 31.3 Å². The maximum absolute atomic E-state index is 13.6. The van der Waals surface area contributed by atoms with Gasteiger partial charge in [-0.15, -0.1) is 0 Å². The van der Waals surface area contributed by atoms with Gasteiger partial charge in [0.05, 0.1) is 9.50 Å². The lowest BCUT2D eigenvalue weighted by molar-refractivity contribution is 0.580. The molecule has 2 rings (SSSR count). The van der Waals surface area contributed by atoms with Gasteiger partial charge in [0.2, 0.25) is 0 Å². The first-order valence-corrected chi connectivity index (χ1v) is 8.33. The molecule has 1 N–H and O–H groups in total. The molecular formula is C15H13BrClFIN.